The van der Waals surface area contributed by atoms with Crippen LogP contribution in [0.25, 0.3) is 0 Å². The third-order valence-corrected chi connectivity index (χ3v) is 2.54. The van der Waals surface area contributed by atoms with Gasteiger partial charge in [-0.3, -0.25) is 4.68 Å². The smallest absolute Gasteiger partial charge is 0.0825 e. The SMILES string of the molecule is CCCCCNc1cn(C(C)C)nc1C.Cl. The van der Waals surface area contributed by atoms with E-state index in [4.69, 9.17) is 0 Å². The van der Waals surface area contributed by atoms with Crippen molar-refractivity contribution in [2.24, 2.45) is 0 Å². The second kappa shape index (κ2) is 7.55. The molecule has 1 heterocycles. The molecule has 16 heavy (non-hydrogen) atoms. The number of hydrogen-bond donors (Lipinski definition) is 1. The number of hydrogen-bond acceptors (Lipinski definition) is 2. The van der Waals surface area contributed by atoms with E-state index in [1.54, 1.807) is 0 Å². The molecule has 0 radical (unpaired) electrons. The fraction of sp³-hybridized carbons (Fsp3) is 0.750. The van der Waals surface area contributed by atoms with Crippen LogP contribution in [0.15, 0.2) is 6.20 Å². The van der Waals surface area contributed by atoms with Crippen LogP contribution >= 0.6 is 12.4 Å². The Morgan fingerprint density at radius 2 is 2.06 bits per heavy atom. The first-order chi connectivity index (χ1) is 7.15. The van der Waals surface area contributed by atoms with Gasteiger partial charge in [-0.15, -0.1) is 12.4 Å². The zero-order valence-electron chi connectivity index (χ0n) is 10.8. The van der Waals surface area contributed by atoms with Gasteiger partial charge in [0, 0.05) is 18.8 Å². The number of aromatic nitrogens is 2. The summed E-state index contributed by atoms with van der Waals surface area (Å²) in [5.41, 5.74) is 2.28. The molecule has 0 atom stereocenters. The minimum atomic E-state index is 0. The van der Waals surface area contributed by atoms with E-state index in [0.29, 0.717) is 6.04 Å². The monoisotopic (exact) mass is 245 g/mol. The van der Waals surface area contributed by atoms with Crippen LogP contribution < -0.4 is 5.32 Å². The Hall–Kier alpha value is -0.700. The molecule has 94 valence electrons. The third kappa shape index (κ3) is 4.44. The Bertz CT molecular complexity index is 294. The molecule has 1 aromatic heterocycles. The van der Waals surface area contributed by atoms with Crippen LogP contribution in [0, 0.1) is 6.92 Å². The summed E-state index contributed by atoms with van der Waals surface area (Å²) < 4.78 is 2.01. The molecule has 4 heteroatoms. The number of aryl methyl sites for hydroxylation is 1. The van der Waals surface area contributed by atoms with E-state index in [-0.39, 0.29) is 12.4 Å². The van der Waals surface area contributed by atoms with Crippen LogP contribution in [0.3, 0.4) is 0 Å². The van der Waals surface area contributed by atoms with Gasteiger partial charge in [-0.05, 0) is 27.2 Å². The second-order valence-corrected chi connectivity index (χ2v) is 4.34. The van der Waals surface area contributed by atoms with Gasteiger partial charge in [-0.1, -0.05) is 19.8 Å². The molecule has 0 aliphatic carbocycles. The normalized spacial score (nSPS) is 10.3. The zero-order chi connectivity index (χ0) is 11.3. The molecule has 1 aromatic rings. The number of anilines is 1. The van der Waals surface area contributed by atoms with E-state index in [9.17, 15) is 0 Å². The lowest BCUT2D eigenvalue weighted by Gasteiger charge is -2.04. The van der Waals surface area contributed by atoms with E-state index in [2.05, 4.69) is 44.3 Å². The van der Waals surface area contributed by atoms with Crippen molar-refractivity contribution < 1.29 is 0 Å². The van der Waals surface area contributed by atoms with E-state index in [1.165, 1.54) is 24.9 Å². The second-order valence-electron chi connectivity index (χ2n) is 4.34. The molecule has 0 spiro atoms. The third-order valence-electron chi connectivity index (χ3n) is 2.54. The van der Waals surface area contributed by atoms with Gasteiger partial charge in [0.1, 0.15) is 0 Å². The number of unbranched alkanes of at least 4 members (excludes halogenated alkanes) is 2. The van der Waals surface area contributed by atoms with Gasteiger partial charge >= 0.3 is 0 Å². The van der Waals surface area contributed by atoms with E-state index >= 15 is 0 Å². The molecule has 3 nitrogen and oxygen atoms in total. The first-order valence-corrected chi connectivity index (χ1v) is 5.94. The van der Waals surface area contributed by atoms with Gasteiger partial charge in [0.2, 0.25) is 0 Å². The zero-order valence-corrected chi connectivity index (χ0v) is 11.6. The fourth-order valence-electron chi connectivity index (χ4n) is 1.52. The van der Waals surface area contributed by atoms with Crippen molar-refractivity contribution in [2.45, 2.75) is 53.0 Å². The number of nitrogens with one attached hydrogen (secondary N) is 1. The van der Waals surface area contributed by atoms with Gasteiger partial charge in [-0.2, -0.15) is 5.10 Å². The van der Waals surface area contributed by atoms with E-state index < -0.39 is 0 Å². The van der Waals surface area contributed by atoms with Crippen LogP contribution in [-0.2, 0) is 0 Å². The van der Waals surface area contributed by atoms with Crippen molar-refractivity contribution in [3.05, 3.63) is 11.9 Å². The maximum atomic E-state index is 4.46. The van der Waals surface area contributed by atoms with E-state index in [1.807, 2.05) is 4.68 Å². The van der Waals surface area contributed by atoms with Crippen molar-refractivity contribution in [2.75, 3.05) is 11.9 Å². The first kappa shape index (κ1) is 15.3. The molecule has 0 aromatic carbocycles. The highest BCUT2D eigenvalue weighted by atomic mass is 35.5. The minimum Gasteiger partial charge on any atom is -0.382 e. The van der Waals surface area contributed by atoms with Gasteiger partial charge in [-0.25, -0.2) is 0 Å². The molecule has 1 rings (SSSR count). The Morgan fingerprint density at radius 3 is 2.56 bits per heavy atom. The van der Waals surface area contributed by atoms with Crippen molar-refractivity contribution in [1.29, 1.82) is 0 Å². The summed E-state index contributed by atoms with van der Waals surface area (Å²) in [5, 5.41) is 7.90. The molecule has 0 aliphatic heterocycles. The lowest BCUT2D eigenvalue weighted by Crippen LogP contribution is -2.02. The van der Waals surface area contributed by atoms with Crippen molar-refractivity contribution >= 4 is 18.1 Å². The van der Waals surface area contributed by atoms with Gasteiger partial charge in [0.15, 0.2) is 0 Å². The maximum Gasteiger partial charge on any atom is 0.0825 e. The number of rotatable bonds is 6. The standard InChI is InChI=1S/C12H23N3.ClH/c1-5-6-7-8-13-12-9-15(10(2)3)14-11(12)4;/h9-10,13H,5-8H2,1-4H3;1H. The highest BCUT2D eigenvalue weighted by molar-refractivity contribution is 5.85. The van der Waals surface area contributed by atoms with Crippen LogP contribution in [0.5, 0.6) is 0 Å². The predicted molar refractivity (Wildman–Crippen MR) is 72.6 cm³/mol. The van der Waals surface area contributed by atoms with Gasteiger partial charge in [0.05, 0.1) is 11.4 Å². The average molecular weight is 246 g/mol. The topological polar surface area (TPSA) is 29.9 Å². The van der Waals surface area contributed by atoms with E-state index in [0.717, 1.165) is 12.2 Å². The molecule has 0 amide bonds. The van der Waals surface area contributed by atoms with Gasteiger partial charge in [0.25, 0.3) is 0 Å². The van der Waals surface area contributed by atoms with Crippen LogP contribution in [0.1, 0.15) is 51.8 Å². The lowest BCUT2D eigenvalue weighted by atomic mass is 10.2. The summed E-state index contributed by atoms with van der Waals surface area (Å²) in [6, 6.07) is 0.440. The highest BCUT2D eigenvalue weighted by Crippen LogP contribution is 2.15. The summed E-state index contributed by atoms with van der Waals surface area (Å²) in [6.07, 6.45) is 5.91. The van der Waals surface area contributed by atoms with Crippen molar-refractivity contribution in [3.63, 3.8) is 0 Å². The van der Waals surface area contributed by atoms with Crippen molar-refractivity contribution in [3.8, 4) is 0 Å². The molecule has 0 saturated heterocycles. The Labute approximate surface area is 105 Å². The number of nitrogens with zero attached hydrogens (tertiary/aromatic N) is 2. The summed E-state index contributed by atoms with van der Waals surface area (Å²) >= 11 is 0. The predicted octanol–water partition coefficient (Wildman–Crippen LogP) is 3.80. The van der Waals surface area contributed by atoms with Crippen LogP contribution in [-0.4, -0.2) is 16.3 Å². The summed E-state index contributed by atoms with van der Waals surface area (Å²) in [7, 11) is 0. The van der Waals surface area contributed by atoms with Crippen LogP contribution in [0.2, 0.25) is 0 Å². The Balaban J connectivity index is 0.00000225. The molecular formula is C12H24ClN3. The van der Waals surface area contributed by atoms with Crippen molar-refractivity contribution in [1.82, 2.24) is 9.78 Å². The summed E-state index contributed by atoms with van der Waals surface area (Å²) in [4.78, 5) is 0. The first-order valence-electron chi connectivity index (χ1n) is 5.94. The molecule has 1 N–H and O–H groups in total. The molecule has 0 saturated carbocycles. The minimum absolute atomic E-state index is 0. The Kier molecular flexibility index (Phi) is 7.22. The Morgan fingerprint density at radius 1 is 1.38 bits per heavy atom. The lowest BCUT2D eigenvalue weighted by molar-refractivity contribution is 0.529. The summed E-state index contributed by atoms with van der Waals surface area (Å²) in [6.45, 7) is 9.63. The maximum absolute atomic E-state index is 4.46. The molecular weight excluding hydrogens is 222 g/mol. The van der Waals surface area contributed by atoms with Crippen LogP contribution in [0.4, 0.5) is 5.69 Å². The molecule has 0 bridgehead atoms. The summed E-state index contributed by atoms with van der Waals surface area (Å²) in [5.74, 6) is 0. The molecule has 0 fully saturated rings. The highest BCUT2D eigenvalue weighted by Gasteiger charge is 2.05. The number of halogens is 1. The molecule has 0 unspecified atom stereocenters. The fourth-order valence-corrected chi connectivity index (χ4v) is 1.52. The largest absolute Gasteiger partial charge is 0.382 e. The molecule has 0 aliphatic rings. The average Bonchev–Trinajstić information content (AvgIpc) is 2.55. The quantitative estimate of drug-likeness (QED) is 0.773. The van der Waals surface area contributed by atoms with Gasteiger partial charge < -0.3 is 5.32 Å².